The van der Waals surface area contributed by atoms with Crippen LogP contribution in [0.4, 0.5) is 5.69 Å². The zero-order chi connectivity index (χ0) is 20.1. The lowest BCUT2D eigenvalue weighted by atomic mass is 10.2. The molecule has 1 amide bonds. The SMILES string of the molecule is O=C(Cn1nnc(-c2ccccc2)n1)N/N=C\c1cc(Br)cc([N+](=O)[O-])c1O. The molecule has 1 heterocycles. The molecule has 11 nitrogen and oxygen atoms in total. The van der Waals surface area contributed by atoms with Crippen LogP contribution in [0.3, 0.4) is 0 Å². The average Bonchev–Trinajstić information content (AvgIpc) is 3.13. The third kappa shape index (κ3) is 4.54. The van der Waals surface area contributed by atoms with Crippen LogP contribution in [-0.2, 0) is 11.3 Å². The molecule has 0 aliphatic rings. The van der Waals surface area contributed by atoms with Crippen LogP contribution in [0, 0.1) is 10.1 Å². The normalized spacial score (nSPS) is 10.9. The zero-order valence-corrected chi connectivity index (χ0v) is 15.6. The fraction of sp³-hybridized carbons (Fsp3) is 0.0625. The van der Waals surface area contributed by atoms with Crippen molar-refractivity contribution in [3.63, 3.8) is 0 Å². The maximum absolute atomic E-state index is 11.9. The third-order valence-electron chi connectivity index (χ3n) is 3.44. The molecule has 0 spiro atoms. The number of halogens is 1. The second-order valence-corrected chi connectivity index (χ2v) is 6.34. The van der Waals surface area contributed by atoms with Crippen molar-refractivity contribution in [2.75, 3.05) is 0 Å². The van der Waals surface area contributed by atoms with Gasteiger partial charge in [-0.25, -0.2) is 5.43 Å². The van der Waals surface area contributed by atoms with Gasteiger partial charge in [-0.3, -0.25) is 14.9 Å². The lowest BCUT2D eigenvalue weighted by Crippen LogP contribution is -2.24. The predicted molar refractivity (Wildman–Crippen MR) is 101 cm³/mol. The number of nitrogens with zero attached hydrogens (tertiary/aromatic N) is 6. The van der Waals surface area contributed by atoms with Crippen molar-refractivity contribution in [3.8, 4) is 17.1 Å². The zero-order valence-electron chi connectivity index (χ0n) is 14.1. The molecule has 0 saturated carbocycles. The summed E-state index contributed by atoms with van der Waals surface area (Å²) >= 11 is 3.11. The molecule has 3 rings (SSSR count). The molecule has 1 aromatic heterocycles. The molecule has 0 aliphatic carbocycles. The molecular formula is C16H12BrN7O4. The van der Waals surface area contributed by atoms with E-state index in [-0.39, 0.29) is 12.1 Å². The summed E-state index contributed by atoms with van der Waals surface area (Å²) in [6.07, 6.45) is 1.09. The van der Waals surface area contributed by atoms with Gasteiger partial charge >= 0.3 is 5.69 Å². The number of aromatic nitrogens is 4. The Morgan fingerprint density at radius 2 is 2.11 bits per heavy atom. The van der Waals surface area contributed by atoms with Crippen LogP contribution in [-0.4, -0.2) is 42.4 Å². The highest BCUT2D eigenvalue weighted by Gasteiger charge is 2.17. The summed E-state index contributed by atoms with van der Waals surface area (Å²) in [5, 5.41) is 36.3. The standard InChI is InChI=1S/C16H12BrN7O4/c17-12-6-11(15(26)13(7-12)24(27)28)8-18-19-14(25)9-23-21-16(20-22-23)10-4-2-1-3-5-10/h1-8,26H,9H2,(H,19,25)/b18-8-. The van der Waals surface area contributed by atoms with Crippen LogP contribution in [0.15, 0.2) is 52.0 Å². The number of carbonyl (C=O) groups excluding carboxylic acids is 1. The summed E-state index contributed by atoms with van der Waals surface area (Å²) in [4.78, 5) is 23.2. The van der Waals surface area contributed by atoms with Gasteiger partial charge in [0.25, 0.3) is 5.91 Å². The van der Waals surface area contributed by atoms with E-state index in [1.807, 2.05) is 30.3 Å². The Morgan fingerprint density at radius 1 is 1.36 bits per heavy atom. The average molecular weight is 446 g/mol. The lowest BCUT2D eigenvalue weighted by Gasteiger charge is -2.02. The van der Waals surface area contributed by atoms with Gasteiger partial charge in [-0.2, -0.15) is 9.90 Å². The number of nitro groups is 1. The first-order valence-corrected chi connectivity index (χ1v) is 8.55. The number of benzene rings is 2. The van der Waals surface area contributed by atoms with Crippen molar-refractivity contribution in [2.24, 2.45) is 5.10 Å². The van der Waals surface area contributed by atoms with Crippen LogP contribution >= 0.6 is 15.9 Å². The van der Waals surface area contributed by atoms with Crippen molar-refractivity contribution in [1.82, 2.24) is 25.6 Å². The first kappa shape index (κ1) is 19.1. The maximum Gasteiger partial charge on any atom is 0.312 e. The number of carbonyl (C=O) groups is 1. The fourth-order valence-electron chi connectivity index (χ4n) is 2.19. The predicted octanol–water partition coefficient (Wildman–Crippen LogP) is 1.87. The minimum atomic E-state index is -0.725. The molecule has 2 N–H and O–H groups in total. The summed E-state index contributed by atoms with van der Waals surface area (Å²) in [6.45, 7) is -0.234. The Kier molecular flexibility index (Phi) is 5.69. The highest BCUT2D eigenvalue weighted by Crippen LogP contribution is 2.32. The lowest BCUT2D eigenvalue weighted by molar-refractivity contribution is -0.385. The van der Waals surface area contributed by atoms with Gasteiger partial charge in [-0.05, 0) is 11.3 Å². The molecule has 3 aromatic rings. The van der Waals surface area contributed by atoms with Crippen LogP contribution in [0.1, 0.15) is 5.56 Å². The number of amides is 1. The van der Waals surface area contributed by atoms with E-state index < -0.39 is 22.3 Å². The van der Waals surface area contributed by atoms with Gasteiger partial charge in [0, 0.05) is 21.7 Å². The molecular weight excluding hydrogens is 434 g/mol. The Balaban J connectivity index is 1.64. The number of phenols is 1. The summed E-state index contributed by atoms with van der Waals surface area (Å²) in [7, 11) is 0. The van der Waals surface area contributed by atoms with E-state index in [1.54, 1.807) is 0 Å². The maximum atomic E-state index is 11.9. The number of hydrogen-bond acceptors (Lipinski definition) is 8. The largest absolute Gasteiger partial charge is 0.502 e. The first-order valence-electron chi connectivity index (χ1n) is 7.76. The van der Waals surface area contributed by atoms with Crippen LogP contribution < -0.4 is 5.43 Å². The van der Waals surface area contributed by atoms with Gasteiger partial charge in [0.15, 0.2) is 0 Å². The number of hydrogen-bond donors (Lipinski definition) is 2. The number of phenolic OH excluding ortho intramolecular Hbond substituents is 1. The highest BCUT2D eigenvalue weighted by atomic mass is 79.9. The number of hydrazone groups is 1. The van der Waals surface area contributed by atoms with E-state index in [2.05, 4.69) is 41.9 Å². The van der Waals surface area contributed by atoms with Gasteiger partial charge in [-0.15, -0.1) is 10.2 Å². The Hall–Kier alpha value is -3.67. The van der Waals surface area contributed by atoms with Crippen LogP contribution in [0.2, 0.25) is 0 Å². The van der Waals surface area contributed by atoms with Gasteiger partial charge in [0.05, 0.1) is 11.1 Å². The second-order valence-electron chi connectivity index (χ2n) is 5.42. The highest BCUT2D eigenvalue weighted by molar-refractivity contribution is 9.10. The minimum Gasteiger partial charge on any atom is -0.502 e. The number of nitrogens with one attached hydrogen (secondary N) is 1. The van der Waals surface area contributed by atoms with E-state index in [9.17, 15) is 20.0 Å². The Labute approximate surface area is 166 Å². The van der Waals surface area contributed by atoms with Gasteiger partial charge < -0.3 is 5.11 Å². The summed E-state index contributed by atoms with van der Waals surface area (Å²) in [5.74, 6) is -0.725. The molecule has 0 radical (unpaired) electrons. The van der Waals surface area contributed by atoms with Crippen molar-refractivity contribution < 1.29 is 14.8 Å². The van der Waals surface area contributed by atoms with E-state index in [0.717, 1.165) is 22.6 Å². The molecule has 12 heteroatoms. The molecule has 0 fully saturated rings. The molecule has 2 aromatic carbocycles. The van der Waals surface area contributed by atoms with E-state index >= 15 is 0 Å². The van der Waals surface area contributed by atoms with Crippen LogP contribution in [0.25, 0.3) is 11.4 Å². The topological polar surface area (TPSA) is 148 Å². The quantitative estimate of drug-likeness (QED) is 0.334. The number of nitro benzene ring substituents is 1. The Morgan fingerprint density at radius 3 is 2.82 bits per heavy atom. The monoisotopic (exact) mass is 445 g/mol. The van der Waals surface area contributed by atoms with E-state index in [0.29, 0.717) is 10.3 Å². The summed E-state index contributed by atoms with van der Waals surface area (Å²) < 4.78 is 0.380. The Bertz CT molecular complexity index is 1050. The van der Waals surface area contributed by atoms with Crippen LogP contribution in [0.5, 0.6) is 5.75 Å². The number of rotatable bonds is 6. The summed E-state index contributed by atoms with van der Waals surface area (Å²) in [6, 6.07) is 11.7. The molecule has 0 atom stereocenters. The molecule has 28 heavy (non-hydrogen) atoms. The smallest absolute Gasteiger partial charge is 0.312 e. The second kappa shape index (κ2) is 8.35. The van der Waals surface area contributed by atoms with E-state index in [1.165, 1.54) is 6.07 Å². The van der Waals surface area contributed by atoms with Crippen molar-refractivity contribution >= 4 is 33.7 Å². The molecule has 142 valence electrons. The van der Waals surface area contributed by atoms with Gasteiger partial charge in [-0.1, -0.05) is 46.3 Å². The number of aromatic hydroxyl groups is 1. The van der Waals surface area contributed by atoms with Crippen molar-refractivity contribution in [1.29, 1.82) is 0 Å². The van der Waals surface area contributed by atoms with Gasteiger partial charge in [0.2, 0.25) is 11.6 Å². The minimum absolute atomic E-state index is 0.0617. The van der Waals surface area contributed by atoms with Crippen molar-refractivity contribution in [2.45, 2.75) is 6.54 Å². The first-order chi connectivity index (χ1) is 13.4. The molecule has 0 unspecified atom stereocenters. The number of tetrazole rings is 1. The van der Waals surface area contributed by atoms with Gasteiger partial charge in [0.1, 0.15) is 6.54 Å². The van der Waals surface area contributed by atoms with E-state index in [4.69, 9.17) is 0 Å². The molecule has 0 bridgehead atoms. The molecule has 0 saturated heterocycles. The van der Waals surface area contributed by atoms with Crippen molar-refractivity contribution in [3.05, 3.63) is 62.6 Å². The molecule has 0 aliphatic heterocycles. The summed E-state index contributed by atoms with van der Waals surface area (Å²) in [5.41, 5.74) is 2.57. The third-order valence-corrected chi connectivity index (χ3v) is 3.90. The fourth-order valence-corrected chi connectivity index (χ4v) is 2.66.